The van der Waals surface area contributed by atoms with E-state index in [1.165, 1.54) is 11.3 Å². The van der Waals surface area contributed by atoms with Crippen LogP contribution in [0.25, 0.3) is 0 Å². The monoisotopic (exact) mass is 200 g/mol. The molecule has 1 aromatic heterocycles. The second kappa shape index (κ2) is 3.33. The molecule has 5 heteroatoms. The van der Waals surface area contributed by atoms with Crippen molar-refractivity contribution >= 4 is 22.6 Å². The predicted octanol–water partition coefficient (Wildman–Crippen LogP) is 2.53. The molecule has 1 rings (SSSR count). The minimum atomic E-state index is -1.07. The highest BCUT2D eigenvalue weighted by molar-refractivity contribution is 7.15. The Morgan fingerprint density at radius 2 is 2.23 bits per heavy atom. The average Bonchev–Trinajstić information content (AvgIpc) is 2.32. The Bertz CT molecular complexity index is 314. The number of hydrogen-bond donors (Lipinski definition) is 2. The van der Waals surface area contributed by atoms with E-state index < -0.39 is 6.09 Å². The third-order valence-electron chi connectivity index (χ3n) is 1.46. The molecule has 0 bridgehead atoms. The summed E-state index contributed by atoms with van der Waals surface area (Å²) >= 11 is 1.37. The summed E-state index contributed by atoms with van der Waals surface area (Å²) in [5.74, 6) is 0. The summed E-state index contributed by atoms with van der Waals surface area (Å²) in [6.45, 7) is 6.18. The lowest BCUT2D eigenvalue weighted by Crippen LogP contribution is -2.08. The zero-order chi connectivity index (χ0) is 10.1. The van der Waals surface area contributed by atoms with E-state index >= 15 is 0 Å². The van der Waals surface area contributed by atoms with E-state index in [2.05, 4.69) is 31.1 Å². The van der Waals surface area contributed by atoms with E-state index in [0.717, 1.165) is 4.88 Å². The second-order valence-corrected chi connectivity index (χ2v) is 4.74. The molecule has 13 heavy (non-hydrogen) atoms. The minimum Gasteiger partial charge on any atom is -0.465 e. The van der Waals surface area contributed by atoms with Gasteiger partial charge in [0.2, 0.25) is 0 Å². The highest BCUT2D eigenvalue weighted by Gasteiger charge is 2.17. The van der Waals surface area contributed by atoms with Crippen LogP contribution in [0.1, 0.15) is 25.6 Å². The van der Waals surface area contributed by atoms with Crippen LogP contribution in [0, 0.1) is 0 Å². The molecular weight excluding hydrogens is 188 g/mol. The number of nitrogens with zero attached hydrogens (tertiary/aromatic N) is 1. The Balaban J connectivity index is 2.81. The Labute approximate surface area is 80.6 Å². The fourth-order valence-corrected chi connectivity index (χ4v) is 1.63. The SMILES string of the molecule is CC(C)(C)c1cnc(NC(=O)O)s1. The number of nitrogens with one attached hydrogen (secondary N) is 1. The van der Waals surface area contributed by atoms with E-state index in [0.29, 0.717) is 5.13 Å². The molecule has 72 valence electrons. The summed E-state index contributed by atoms with van der Waals surface area (Å²) in [5.41, 5.74) is 0.0239. The average molecular weight is 200 g/mol. The summed E-state index contributed by atoms with van der Waals surface area (Å²) in [6.07, 6.45) is 0.630. The van der Waals surface area contributed by atoms with Gasteiger partial charge < -0.3 is 5.11 Å². The second-order valence-electron chi connectivity index (χ2n) is 3.71. The highest BCUT2D eigenvalue weighted by atomic mass is 32.1. The van der Waals surface area contributed by atoms with Gasteiger partial charge in [-0.2, -0.15) is 0 Å². The van der Waals surface area contributed by atoms with E-state index in [-0.39, 0.29) is 5.41 Å². The molecule has 0 fully saturated rings. The number of aromatic nitrogens is 1. The molecule has 0 aliphatic carbocycles. The Morgan fingerprint density at radius 3 is 2.62 bits per heavy atom. The smallest absolute Gasteiger partial charge is 0.410 e. The molecular formula is C8H12N2O2S. The molecule has 1 aromatic rings. The van der Waals surface area contributed by atoms with Gasteiger partial charge in [-0.1, -0.05) is 20.8 Å². The maximum absolute atomic E-state index is 10.3. The van der Waals surface area contributed by atoms with Gasteiger partial charge in [0.25, 0.3) is 0 Å². The predicted molar refractivity (Wildman–Crippen MR) is 52.5 cm³/mol. The fourth-order valence-electron chi connectivity index (χ4n) is 0.770. The summed E-state index contributed by atoms with van der Waals surface area (Å²) < 4.78 is 0. The van der Waals surface area contributed by atoms with Crippen LogP contribution in [0.15, 0.2) is 6.20 Å². The molecule has 0 aliphatic rings. The van der Waals surface area contributed by atoms with Gasteiger partial charge in [-0.15, -0.1) is 11.3 Å². The van der Waals surface area contributed by atoms with E-state index in [4.69, 9.17) is 5.11 Å². The lowest BCUT2D eigenvalue weighted by atomic mass is 9.96. The number of hydrogen-bond acceptors (Lipinski definition) is 3. The third-order valence-corrected chi connectivity index (χ3v) is 2.80. The molecule has 0 unspecified atom stereocenters. The number of anilines is 1. The van der Waals surface area contributed by atoms with Crippen molar-refractivity contribution in [2.75, 3.05) is 5.32 Å². The molecule has 0 atom stereocenters. The van der Waals surface area contributed by atoms with Crippen molar-refractivity contribution in [3.05, 3.63) is 11.1 Å². The van der Waals surface area contributed by atoms with Crippen LogP contribution in [0.5, 0.6) is 0 Å². The summed E-state index contributed by atoms with van der Waals surface area (Å²) in [4.78, 5) is 15.3. The molecule has 0 aliphatic heterocycles. The van der Waals surface area contributed by atoms with Crippen molar-refractivity contribution in [1.82, 2.24) is 4.98 Å². The largest absolute Gasteiger partial charge is 0.465 e. The standard InChI is InChI=1S/C8H12N2O2S/c1-8(2,3)5-4-9-6(13-5)10-7(11)12/h4H,1-3H3,(H,9,10)(H,11,12). The van der Waals surface area contributed by atoms with Gasteiger partial charge >= 0.3 is 6.09 Å². The Kier molecular flexibility index (Phi) is 2.56. The van der Waals surface area contributed by atoms with Crippen LogP contribution in [-0.2, 0) is 5.41 Å². The number of rotatable bonds is 1. The quantitative estimate of drug-likeness (QED) is 0.732. The van der Waals surface area contributed by atoms with E-state index in [1.54, 1.807) is 6.20 Å². The van der Waals surface area contributed by atoms with Crippen LogP contribution in [-0.4, -0.2) is 16.2 Å². The van der Waals surface area contributed by atoms with Crippen LogP contribution in [0.2, 0.25) is 0 Å². The molecule has 0 aromatic carbocycles. The normalized spacial score (nSPS) is 11.3. The molecule has 0 radical (unpaired) electrons. The van der Waals surface area contributed by atoms with Crippen molar-refractivity contribution in [2.24, 2.45) is 0 Å². The molecule has 1 amide bonds. The first-order valence-corrected chi connectivity index (χ1v) is 4.67. The fraction of sp³-hybridized carbons (Fsp3) is 0.500. The lowest BCUT2D eigenvalue weighted by molar-refractivity contribution is 0.209. The Hall–Kier alpha value is -1.10. The van der Waals surface area contributed by atoms with Crippen molar-refractivity contribution < 1.29 is 9.90 Å². The first-order valence-electron chi connectivity index (χ1n) is 3.86. The van der Waals surface area contributed by atoms with Gasteiger partial charge in [-0.3, -0.25) is 5.32 Å². The zero-order valence-electron chi connectivity index (χ0n) is 7.79. The van der Waals surface area contributed by atoms with Gasteiger partial charge in [0.05, 0.1) is 0 Å². The molecule has 0 saturated heterocycles. The number of thiazole rings is 1. The molecule has 1 heterocycles. The van der Waals surface area contributed by atoms with Crippen molar-refractivity contribution in [3.63, 3.8) is 0 Å². The third kappa shape index (κ3) is 2.69. The van der Waals surface area contributed by atoms with Gasteiger partial charge in [0.15, 0.2) is 5.13 Å². The minimum absolute atomic E-state index is 0.0239. The number of amides is 1. The van der Waals surface area contributed by atoms with Gasteiger partial charge in [0.1, 0.15) is 0 Å². The first kappa shape index (κ1) is 9.98. The summed E-state index contributed by atoms with van der Waals surface area (Å²) in [6, 6.07) is 0. The van der Waals surface area contributed by atoms with E-state index in [1.807, 2.05) is 0 Å². The highest BCUT2D eigenvalue weighted by Crippen LogP contribution is 2.29. The summed E-state index contributed by atoms with van der Waals surface area (Å²) in [7, 11) is 0. The lowest BCUT2D eigenvalue weighted by Gasteiger charge is -2.14. The molecule has 0 saturated carbocycles. The zero-order valence-corrected chi connectivity index (χ0v) is 8.60. The van der Waals surface area contributed by atoms with Gasteiger partial charge in [-0.05, 0) is 5.41 Å². The van der Waals surface area contributed by atoms with Crippen LogP contribution >= 0.6 is 11.3 Å². The molecule has 4 nitrogen and oxygen atoms in total. The van der Waals surface area contributed by atoms with E-state index in [9.17, 15) is 4.79 Å². The molecule has 2 N–H and O–H groups in total. The van der Waals surface area contributed by atoms with Crippen molar-refractivity contribution in [2.45, 2.75) is 26.2 Å². The van der Waals surface area contributed by atoms with Gasteiger partial charge in [-0.25, -0.2) is 9.78 Å². The Morgan fingerprint density at radius 1 is 1.62 bits per heavy atom. The topological polar surface area (TPSA) is 62.2 Å². The maximum atomic E-state index is 10.3. The van der Waals surface area contributed by atoms with Gasteiger partial charge in [0, 0.05) is 11.1 Å². The van der Waals surface area contributed by atoms with Crippen molar-refractivity contribution in [3.8, 4) is 0 Å². The van der Waals surface area contributed by atoms with Crippen LogP contribution in [0.3, 0.4) is 0 Å². The van der Waals surface area contributed by atoms with Crippen molar-refractivity contribution in [1.29, 1.82) is 0 Å². The summed E-state index contributed by atoms with van der Waals surface area (Å²) in [5, 5.41) is 11.1. The maximum Gasteiger partial charge on any atom is 0.410 e. The van der Waals surface area contributed by atoms with Crippen LogP contribution < -0.4 is 5.32 Å². The first-order chi connectivity index (χ1) is 5.89. The molecule has 0 spiro atoms. The van der Waals surface area contributed by atoms with Crippen LogP contribution in [0.4, 0.5) is 9.93 Å². The number of carbonyl (C=O) groups is 1. The number of carboxylic acid groups (broad SMARTS) is 1.